The predicted molar refractivity (Wildman–Crippen MR) is 77.1 cm³/mol. The summed E-state index contributed by atoms with van der Waals surface area (Å²) in [6.07, 6.45) is 1.77. The maximum absolute atomic E-state index is 11.9. The zero-order chi connectivity index (χ0) is 14.2. The second-order valence-electron chi connectivity index (χ2n) is 5.75. The molecule has 102 valence electrons. The lowest BCUT2D eigenvalue weighted by Gasteiger charge is -2.18. The molecule has 0 radical (unpaired) electrons. The van der Waals surface area contributed by atoms with Gasteiger partial charge in [-0.15, -0.1) is 0 Å². The van der Waals surface area contributed by atoms with Gasteiger partial charge in [-0.25, -0.2) is 0 Å². The average Bonchev–Trinajstić information content (AvgIpc) is 2.76. The van der Waals surface area contributed by atoms with Crippen molar-refractivity contribution in [2.45, 2.75) is 34.2 Å². The quantitative estimate of drug-likeness (QED) is 0.887. The van der Waals surface area contributed by atoms with Gasteiger partial charge >= 0.3 is 0 Å². The Morgan fingerprint density at radius 1 is 1.47 bits per heavy atom. The minimum absolute atomic E-state index is 0.00296. The van der Waals surface area contributed by atoms with Crippen LogP contribution in [0.5, 0.6) is 0 Å². The maximum atomic E-state index is 11.9. The fourth-order valence-corrected chi connectivity index (χ4v) is 2.22. The average molecular weight is 280 g/mol. The smallest absolute Gasteiger partial charge is 0.225 e. The van der Waals surface area contributed by atoms with Crippen molar-refractivity contribution in [2.75, 3.05) is 0 Å². The fraction of sp³-hybridized carbons (Fsp3) is 0.429. The highest BCUT2D eigenvalue weighted by atomic mass is 35.5. The van der Waals surface area contributed by atoms with Crippen LogP contribution in [0.25, 0.3) is 10.9 Å². The Kier molecular flexibility index (Phi) is 3.54. The molecule has 19 heavy (non-hydrogen) atoms. The van der Waals surface area contributed by atoms with Gasteiger partial charge in [0.2, 0.25) is 5.91 Å². The molecule has 4 nitrogen and oxygen atoms in total. The number of nitrogens with zero attached hydrogens (tertiary/aromatic N) is 1. The van der Waals surface area contributed by atoms with E-state index in [0.717, 1.165) is 22.0 Å². The van der Waals surface area contributed by atoms with E-state index in [4.69, 9.17) is 11.6 Å². The summed E-state index contributed by atoms with van der Waals surface area (Å²) in [5.74, 6) is -0.00296. The molecule has 1 aromatic carbocycles. The summed E-state index contributed by atoms with van der Waals surface area (Å²) in [6.45, 7) is 8.02. The van der Waals surface area contributed by atoms with Gasteiger partial charge in [-0.3, -0.25) is 9.89 Å². The minimum atomic E-state index is -0.412. The molecule has 0 spiro atoms. The van der Waals surface area contributed by atoms with Crippen molar-refractivity contribution in [3.63, 3.8) is 0 Å². The highest BCUT2D eigenvalue weighted by Gasteiger charge is 2.21. The van der Waals surface area contributed by atoms with Crippen molar-refractivity contribution in [3.05, 3.63) is 28.4 Å². The van der Waals surface area contributed by atoms with Gasteiger partial charge in [-0.05, 0) is 18.6 Å². The van der Waals surface area contributed by atoms with Gasteiger partial charge in [-0.1, -0.05) is 32.4 Å². The Hall–Kier alpha value is -1.55. The van der Waals surface area contributed by atoms with E-state index >= 15 is 0 Å². The van der Waals surface area contributed by atoms with Crippen molar-refractivity contribution in [1.82, 2.24) is 15.5 Å². The lowest BCUT2D eigenvalue weighted by Crippen LogP contribution is -2.34. The first-order valence-corrected chi connectivity index (χ1v) is 6.58. The Labute approximate surface area is 117 Å². The zero-order valence-electron chi connectivity index (χ0n) is 11.6. The van der Waals surface area contributed by atoms with Crippen molar-refractivity contribution < 1.29 is 4.79 Å². The van der Waals surface area contributed by atoms with Gasteiger partial charge in [0.15, 0.2) is 0 Å². The molecule has 0 fully saturated rings. The van der Waals surface area contributed by atoms with Gasteiger partial charge in [-0.2, -0.15) is 5.10 Å². The third-order valence-corrected chi connectivity index (χ3v) is 3.44. The highest BCUT2D eigenvalue weighted by Crippen LogP contribution is 2.27. The van der Waals surface area contributed by atoms with E-state index in [0.29, 0.717) is 11.6 Å². The van der Waals surface area contributed by atoms with Crippen LogP contribution in [-0.2, 0) is 11.3 Å². The molecule has 0 aliphatic rings. The van der Waals surface area contributed by atoms with Crippen LogP contribution in [0, 0.1) is 12.3 Å². The van der Waals surface area contributed by atoms with E-state index < -0.39 is 5.41 Å². The van der Waals surface area contributed by atoms with Crippen LogP contribution in [0.2, 0.25) is 5.02 Å². The summed E-state index contributed by atoms with van der Waals surface area (Å²) in [6, 6.07) is 1.90. The number of hydrogen-bond donors (Lipinski definition) is 2. The Balaban J connectivity index is 2.31. The van der Waals surface area contributed by atoms with Gasteiger partial charge in [0, 0.05) is 27.9 Å². The predicted octanol–water partition coefficient (Wildman–Crippen LogP) is 3.19. The standard InChI is InChI=1S/C14H18ClN3O/c1-8-5-11(15)10(12-9(8)7-17-18-12)6-16-13(19)14(2,3)4/h5,7H,6H2,1-4H3,(H,16,19)(H,17,18). The second kappa shape index (κ2) is 4.85. The third-order valence-electron chi connectivity index (χ3n) is 3.10. The third kappa shape index (κ3) is 2.73. The van der Waals surface area contributed by atoms with Crippen LogP contribution in [0.4, 0.5) is 0 Å². The number of aryl methyl sites for hydroxylation is 1. The molecule has 1 heterocycles. The number of H-pyrrole nitrogens is 1. The van der Waals surface area contributed by atoms with E-state index in [1.54, 1.807) is 6.20 Å². The van der Waals surface area contributed by atoms with Crippen molar-refractivity contribution in [3.8, 4) is 0 Å². The molecule has 0 atom stereocenters. The normalized spacial score (nSPS) is 11.8. The van der Waals surface area contributed by atoms with Crippen LogP contribution in [0.3, 0.4) is 0 Å². The van der Waals surface area contributed by atoms with Gasteiger partial charge in [0.25, 0.3) is 0 Å². The first-order chi connectivity index (χ1) is 8.80. The first kappa shape index (κ1) is 13.9. The molecule has 1 amide bonds. The molecule has 0 bridgehead atoms. The van der Waals surface area contributed by atoms with Gasteiger partial charge in [0.05, 0.1) is 11.7 Å². The monoisotopic (exact) mass is 279 g/mol. The molecule has 2 N–H and O–H groups in total. The van der Waals surface area contributed by atoms with Crippen LogP contribution in [-0.4, -0.2) is 16.1 Å². The van der Waals surface area contributed by atoms with E-state index in [-0.39, 0.29) is 5.91 Å². The van der Waals surface area contributed by atoms with Crippen LogP contribution >= 0.6 is 11.6 Å². The number of rotatable bonds is 2. The van der Waals surface area contributed by atoms with E-state index in [1.165, 1.54) is 0 Å². The Morgan fingerprint density at radius 2 is 2.16 bits per heavy atom. The number of halogens is 1. The molecule has 0 saturated heterocycles. The molecule has 5 heteroatoms. The number of benzene rings is 1. The summed E-state index contributed by atoms with van der Waals surface area (Å²) in [5.41, 5.74) is 2.42. The summed E-state index contributed by atoms with van der Waals surface area (Å²) in [5, 5.41) is 11.6. The largest absolute Gasteiger partial charge is 0.351 e. The molecule has 1 aromatic heterocycles. The molecular formula is C14H18ClN3O. The molecular weight excluding hydrogens is 262 g/mol. The summed E-state index contributed by atoms with van der Waals surface area (Å²) in [7, 11) is 0. The van der Waals surface area contributed by atoms with E-state index in [1.807, 2.05) is 33.8 Å². The topological polar surface area (TPSA) is 57.8 Å². The molecule has 2 aromatic rings. The van der Waals surface area contributed by atoms with Gasteiger partial charge in [0.1, 0.15) is 0 Å². The zero-order valence-corrected chi connectivity index (χ0v) is 12.4. The van der Waals surface area contributed by atoms with Crippen LogP contribution in [0.15, 0.2) is 12.3 Å². The number of hydrogen-bond acceptors (Lipinski definition) is 2. The van der Waals surface area contributed by atoms with Crippen LogP contribution < -0.4 is 5.32 Å². The SMILES string of the molecule is Cc1cc(Cl)c(CNC(=O)C(C)(C)C)c2[nH]ncc12. The minimum Gasteiger partial charge on any atom is -0.351 e. The van der Waals surface area contributed by atoms with Gasteiger partial charge < -0.3 is 5.32 Å². The van der Waals surface area contributed by atoms with Crippen molar-refractivity contribution in [2.24, 2.45) is 5.41 Å². The molecule has 0 saturated carbocycles. The van der Waals surface area contributed by atoms with E-state index in [2.05, 4.69) is 15.5 Å². The molecule has 0 aliphatic carbocycles. The maximum Gasteiger partial charge on any atom is 0.225 e. The Bertz CT molecular complexity index is 625. The first-order valence-electron chi connectivity index (χ1n) is 6.20. The summed E-state index contributed by atoms with van der Waals surface area (Å²) >= 11 is 6.26. The molecule has 0 unspecified atom stereocenters. The van der Waals surface area contributed by atoms with Crippen molar-refractivity contribution in [1.29, 1.82) is 0 Å². The van der Waals surface area contributed by atoms with Crippen molar-refractivity contribution >= 4 is 28.4 Å². The van der Waals surface area contributed by atoms with E-state index in [9.17, 15) is 4.79 Å². The number of amides is 1. The molecule has 0 aliphatic heterocycles. The van der Waals surface area contributed by atoms with Crippen LogP contribution in [0.1, 0.15) is 31.9 Å². The number of carbonyl (C=O) groups excluding carboxylic acids is 1. The lowest BCUT2D eigenvalue weighted by molar-refractivity contribution is -0.128. The highest BCUT2D eigenvalue weighted by molar-refractivity contribution is 6.32. The fourth-order valence-electron chi connectivity index (χ4n) is 1.90. The number of fused-ring (bicyclic) bond motifs is 1. The number of aromatic nitrogens is 2. The summed E-state index contributed by atoms with van der Waals surface area (Å²) < 4.78 is 0. The number of carbonyl (C=O) groups is 1. The Morgan fingerprint density at radius 3 is 2.79 bits per heavy atom. The lowest BCUT2D eigenvalue weighted by atomic mass is 9.95. The number of nitrogens with one attached hydrogen (secondary N) is 2. The summed E-state index contributed by atoms with van der Waals surface area (Å²) in [4.78, 5) is 11.9. The number of aromatic amines is 1. The second-order valence-corrected chi connectivity index (χ2v) is 6.15. The molecule has 2 rings (SSSR count).